The maximum atomic E-state index is 13.2. The zero-order valence-corrected chi connectivity index (χ0v) is 15.9. The van der Waals surface area contributed by atoms with E-state index in [1.165, 1.54) is 0 Å². The van der Waals surface area contributed by atoms with E-state index in [0.717, 1.165) is 36.1 Å². The quantitative estimate of drug-likeness (QED) is 0.757. The van der Waals surface area contributed by atoms with E-state index in [2.05, 4.69) is 10.4 Å². The maximum absolute atomic E-state index is 13.2. The van der Waals surface area contributed by atoms with Gasteiger partial charge >= 0.3 is 6.18 Å². The topological polar surface area (TPSA) is 46.9 Å². The number of benzene rings is 1. The van der Waals surface area contributed by atoms with Crippen molar-refractivity contribution in [2.45, 2.75) is 57.0 Å². The molecule has 2 aliphatic rings. The van der Waals surface area contributed by atoms with Gasteiger partial charge in [-0.3, -0.25) is 9.48 Å². The number of anilines is 1. The summed E-state index contributed by atoms with van der Waals surface area (Å²) >= 11 is 0. The molecule has 0 bridgehead atoms. The average molecular weight is 391 g/mol. The number of halogens is 3. The molecule has 28 heavy (non-hydrogen) atoms. The van der Waals surface area contributed by atoms with E-state index in [1.807, 2.05) is 30.3 Å². The normalized spacial score (nSPS) is 18.6. The van der Waals surface area contributed by atoms with E-state index in [9.17, 15) is 18.0 Å². The number of nitrogens with one attached hydrogen (secondary N) is 1. The molecular formula is C21H24F3N3O. The van der Waals surface area contributed by atoms with Gasteiger partial charge in [0.25, 0.3) is 0 Å². The second kappa shape index (κ2) is 6.94. The van der Waals surface area contributed by atoms with E-state index in [-0.39, 0.29) is 12.8 Å². The van der Waals surface area contributed by atoms with Crippen LogP contribution < -0.4 is 5.32 Å². The van der Waals surface area contributed by atoms with Crippen LogP contribution in [0.15, 0.2) is 30.3 Å². The Morgan fingerprint density at radius 1 is 1.25 bits per heavy atom. The van der Waals surface area contributed by atoms with Crippen molar-refractivity contribution in [3.63, 3.8) is 0 Å². The maximum Gasteiger partial charge on any atom is 0.395 e. The molecular weight excluding hydrogens is 367 g/mol. The van der Waals surface area contributed by atoms with Crippen molar-refractivity contribution < 1.29 is 18.0 Å². The summed E-state index contributed by atoms with van der Waals surface area (Å²) in [6.45, 7) is 0. The second-order valence-electron chi connectivity index (χ2n) is 8.13. The molecule has 1 aromatic heterocycles. The van der Waals surface area contributed by atoms with E-state index >= 15 is 0 Å². The lowest BCUT2D eigenvalue weighted by Gasteiger charge is -2.27. The third-order valence-corrected chi connectivity index (χ3v) is 6.10. The molecule has 4 nitrogen and oxygen atoms in total. The zero-order chi connectivity index (χ0) is 19.9. The fourth-order valence-corrected chi connectivity index (χ4v) is 3.98. The molecule has 4 rings (SSSR count). The van der Waals surface area contributed by atoms with Crippen LogP contribution in [0, 0.1) is 5.41 Å². The second-order valence-corrected chi connectivity index (χ2v) is 8.13. The highest BCUT2D eigenvalue weighted by atomic mass is 19.4. The van der Waals surface area contributed by atoms with Crippen LogP contribution in [0.1, 0.15) is 61.3 Å². The molecule has 0 aliphatic heterocycles. The molecule has 1 heterocycles. The number of nitrogens with zero attached hydrogens (tertiary/aromatic N) is 2. The number of aromatic nitrogens is 2. The number of hydrogen-bond donors (Lipinski definition) is 1. The van der Waals surface area contributed by atoms with E-state index in [4.69, 9.17) is 0 Å². The minimum absolute atomic E-state index is 0.0318. The molecule has 1 aromatic carbocycles. The van der Waals surface area contributed by atoms with Crippen molar-refractivity contribution in [1.29, 1.82) is 0 Å². The van der Waals surface area contributed by atoms with Gasteiger partial charge in [-0.05, 0) is 37.2 Å². The summed E-state index contributed by atoms with van der Waals surface area (Å²) in [6, 6.07) is 9.94. The van der Waals surface area contributed by atoms with Crippen LogP contribution in [-0.4, -0.2) is 21.9 Å². The molecule has 2 saturated carbocycles. The lowest BCUT2D eigenvalue weighted by molar-refractivity contribution is -0.189. The van der Waals surface area contributed by atoms with Gasteiger partial charge in [-0.15, -0.1) is 0 Å². The number of rotatable bonds is 6. The Morgan fingerprint density at radius 3 is 2.46 bits per heavy atom. The molecule has 2 aliphatic carbocycles. The Bertz CT molecular complexity index is 865. The highest BCUT2D eigenvalue weighted by molar-refractivity contribution is 5.91. The first-order chi connectivity index (χ1) is 13.3. The predicted molar refractivity (Wildman–Crippen MR) is 100 cm³/mol. The highest BCUT2D eigenvalue weighted by Gasteiger charge is 2.63. The van der Waals surface area contributed by atoms with Crippen molar-refractivity contribution in [2.24, 2.45) is 12.5 Å². The fourth-order valence-electron chi connectivity index (χ4n) is 3.98. The first kappa shape index (κ1) is 19.0. The first-order valence-electron chi connectivity index (χ1n) is 9.75. The SMILES string of the molecule is Cn1nc(Cc2ccccc2)c(C2CCC2)c1NC(=O)CC1(C(F)(F)F)CC1. The van der Waals surface area contributed by atoms with Crippen LogP contribution in [0.3, 0.4) is 0 Å². The summed E-state index contributed by atoms with van der Waals surface area (Å²) in [5.74, 6) is 0.281. The van der Waals surface area contributed by atoms with Crippen molar-refractivity contribution in [3.8, 4) is 0 Å². The Labute approximate surface area is 162 Å². The molecule has 0 radical (unpaired) electrons. The van der Waals surface area contributed by atoms with Gasteiger partial charge in [-0.1, -0.05) is 36.8 Å². The number of hydrogen-bond acceptors (Lipinski definition) is 2. The standard InChI is InChI=1S/C21H24F3N3O/c1-27-19(25-17(28)13-20(10-11-20)21(22,23)24)18(15-8-5-9-15)16(26-27)12-14-6-3-2-4-7-14/h2-4,6-7,15H,5,8-13H2,1H3,(H,25,28). The summed E-state index contributed by atoms with van der Waals surface area (Å²) in [7, 11) is 1.74. The molecule has 2 aromatic rings. The third-order valence-electron chi connectivity index (χ3n) is 6.10. The van der Waals surface area contributed by atoms with Crippen LogP contribution >= 0.6 is 0 Å². The van der Waals surface area contributed by atoms with Gasteiger partial charge in [-0.2, -0.15) is 18.3 Å². The van der Waals surface area contributed by atoms with Crippen molar-refractivity contribution in [1.82, 2.24) is 9.78 Å². The lowest BCUT2D eigenvalue weighted by Crippen LogP contribution is -2.30. The molecule has 150 valence electrons. The number of alkyl halides is 3. The molecule has 7 heteroatoms. The van der Waals surface area contributed by atoms with Gasteiger partial charge in [0.1, 0.15) is 5.82 Å². The monoisotopic (exact) mass is 391 g/mol. The summed E-state index contributed by atoms with van der Waals surface area (Å²) in [4.78, 5) is 12.5. The van der Waals surface area contributed by atoms with Crippen molar-refractivity contribution in [3.05, 3.63) is 47.2 Å². The van der Waals surface area contributed by atoms with E-state index in [0.29, 0.717) is 18.2 Å². The Kier molecular flexibility index (Phi) is 4.71. The van der Waals surface area contributed by atoms with E-state index < -0.39 is 23.9 Å². The summed E-state index contributed by atoms with van der Waals surface area (Å²) in [5, 5.41) is 7.37. The fraction of sp³-hybridized carbons (Fsp3) is 0.524. The van der Waals surface area contributed by atoms with Gasteiger partial charge in [0.15, 0.2) is 0 Å². The van der Waals surface area contributed by atoms with Gasteiger partial charge < -0.3 is 5.32 Å². The van der Waals surface area contributed by atoms with Gasteiger partial charge in [-0.25, -0.2) is 0 Å². The zero-order valence-electron chi connectivity index (χ0n) is 15.9. The van der Waals surface area contributed by atoms with Crippen LogP contribution in [0.4, 0.5) is 19.0 Å². The smallest absolute Gasteiger partial charge is 0.311 e. The summed E-state index contributed by atoms with van der Waals surface area (Å²) < 4.78 is 41.2. The minimum Gasteiger partial charge on any atom is -0.311 e. The summed E-state index contributed by atoms with van der Waals surface area (Å²) in [6.07, 6.45) is -0.983. The first-order valence-corrected chi connectivity index (χ1v) is 9.75. The van der Waals surface area contributed by atoms with Crippen LogP contribution in [-0.2, 0) is 18.3 Å². The Hall–Kier alpha value is -2.31. The predicted octanol–water partition coefficient (Wildman–Crippen LogP) is 4.95. The molecule has 2 fully saturated rings. The number of aryl methyl sites for hydroxylation is 1. The number of carbonyl (C=O) groups is 1. The third kappa shape index (κ3) is 3.54. The van der Waals surface area contributed by atoms with Gasteiger partial charge in [0.05, 0.1) is 11.1 Å². The Balaban J connectivity index is 1.57. The molecule has 0 saturated heterocycles. The van der Waals surface area contributed by atoms with E-state index in [1.54, 1.807) is 11.7 Å². The largest absolute Gasteiger partial charge is 0.395 e. The Morgan fingerprint density at radius 2 is 1.93 bits per heavy atom. The lowest BCUT2D eigenvalue weighted by atomic mass is 9.79. The van der Waals surface area contributed by atoms with Crippen LogP contribution in [0.2, 0.25) is 0 Å². The van der Waals surface area contributed by atoms with Crippen molar-refractivity contribution in [2.75, 3.05) is 5.32 Å². The van der Waals surface area contributed by atoms with Crippen molar-refractivity contribution >= 4 is 11.7 Å². The number of amides is 1. The van der Waals surface area contributed by atoms with Gasteiger partial charge in [0.2, 0.25) is 5.91 Å². The van der Waals surface area contributed by atoms with Crippen LogP contribution in [0.25, 0.3) is 0 Å². The minimum atomic E-state index is -4.33. The molecule has 0 atom stereocenters. The number of carbonyl (C=O) groups excluding carboxylic acids is 1. The van der Waals surface area contributed by atoms with Gasteiger partial charge in [0, 0.05) is 25.5 Å². The summed E-state index contributed by atoms with van der Waals surface area (Å²) in [5.41, 5.74) is 1.17. The molecule has 0 spiro atoms. The highest BCUT2D eigenvalue weighted by Crippen LogP contribution is 2.60. The van der Waals surface area contributed by atoms with Crippen LogP contribution in [0.5, 0.6) is 0 Å². The molecule has 1 amide bonds. The average Bonchev–Trinajstić information content (AvgIpc) is 3.31. The molecule has 0 unspecified atom stereocenters. The molecule has 1 N–H and O–H groups in total.